The molecule has 2 N–H and O–H groups in total. The van der Waals surface area contributed by atoms with Crippen LogP contribution in [-0.2, 0) is 28.9 Å². The van der Waals surface area contributed by atoms with E-state index in [-0.39, 0.29) is 11.8 Å². The van der Waals surface area contributed by atoms with Gasteiger partial charge in [-0.3, -0.25) is 4.79 Å². The van der Waals surface area contributed by atoms with Gasteiger partial charge < -0.3 is 19.9 Å². The Balaban J connectivity index is 1.31. The lowest BCUT2D eigenvalue weighted by Gasteiger charge is -2.21. The summed E-state index contributed by atoms with van der Waals surface area (Å²) in [5.41, 5.74) is 3.06. The fraction of sp³-hybridized carbons (Fsp3) is 0.304. The summed E-state index contributed by atoms with van der Waals surface area (Å²) in [5, 5.41) is 21.5. The summed E-state index contributed by atoms with van der Waals surface area (Å²) < 4.78 is 10.2. The summed E-state index contributed by atoms with van der Waals surface area (Å²) in [5.74, 6) is -0.105. The second-order valence-electron chi connectivity index (χ2n) is 7.64. The lowest BCUT2D eigenvalue weighted by molar-refractivity contribution is -0.111. The van der Waals surface area contributed by atoms with Crippen molar-refractivity contribution in [2.24, 2.45) is 5.92 Å². The number of anilines is 1. The van der Waals surface area contributed by atoms with Gasteiger partial charge in [0.25, 0.3) is 0 Å². The molecule has 0 saturated carbocycles. The van der Waals surface area contributed by atoms with E-state index in [1.165, 1.54) is 23.7 Å². The van der Waals surface area contributed by atoms with E-state index in [1.807, 2.05) is 17.5 Å². The van der Waals surface area contributed by atoms with Crippen LogP contribution in [0.25, 0.3) is 6.08 Å². The molecule has 0 fully saturated rings. The maximum atomic E-state index is 12.3. The molecule has 0 spiro atoms. The summed E-state index contributed by atoms with van der Waals surface area (Å²) >= 11 is 2.97. The third-order valence-electron chi connectivity index (χ3n) is 5.38. The summed E-state index contributed by atoms with van der Waals surface area (Å²) in [7, 11) is 0. The number of amides is 2. The molecular formula is C23H22N4O4S2. The highest BCUT2D eigenvalue weighted by molar-refractivity contribution is 7.16. The Labute approximate surface area is 198 Å². The Kier molecular flexibility index (Phi) is 7.22. The Morgan fingerprint density at radius 1 is 1.45 bits per heavy atom. The van der Waals surface area contributed by atoms with E-state index in [0.29, 0.717) is 36.6 Å². The first-order valence-electron chi connectivity index (χ1n) is 10.4. The number of hydrogen-bond donors (Lipinski definition) is 2. The first-order valence-corrected chi connectivity index (χ1v) is 12.1. The zero-order valence-electron chi connectivity index (χ0n) is 17.9. The first kappa shape index (κ1) is 22.8. The number of hydrogen-bond acceptors (Lipinski definition) is 8. The van der Waals surface area contributed by atoms with E-state index >= 15 is 0 Å². The molecule has 0 aliphatic heterocycles. The van der Waals surface area contributed by atoms with Gasteiger partial charge >= 0.3 is 6.09 Å². The molecule has 1 aliphatic carbocycles. The number of nitrogens with zero attached hydrogens (tertiary/aromatic N) is 2. The van der Waals surface area contributed by atoms with Gasteiger partial charge in [0.2, 0.25) is 5.91 Å². The largest absolute Gasteiger partial charge is 0.449 e. The van der Waals surface area contributed by atoms with Crippen LogP contribution in [0.4, 0.5) is 9.80 Å². The maximum Gasteiger partial charge on any atom is 0.407 e. The number of rotatable bonds is 7. The van der Waals surface area contributed by atoms with Crippen LogP contribution in [0, 0.1) is 24.2 Å². The monoisotopic (exact) mass is 482 g/mol. The average molecular weight is 483 g/mol. The second-order valence-corrected chi connectivity index (χ2v) is 9.73. The Morgan fingerprint density at radius 3 is 3.06 bits per heavy atom. The first-order chi connectivity index (χ1) is 16.0. The molecule has 10 heteroatoms. The standard InChI is InChI=1S/C23H22N4O4S2/c1-14-16(13-31-27-14)11-25-23(29)30-12-15-4-6-18-19(10-24)22(33-20(18)9-15)26-21(28)7-5-17-3-2-8-32-17/h2-3,5,7-8,13,15H,4,6,9,11-12H2,1H3,(H,25,29)(H,26,28)/b7-5+. The van der Waals surface area contributed by atoms with Crippen LogP contribution in [0.15, 0.2) is 34.4 Å². The van der Waals surface area contributed by atoms with Crippen molar-refractivity contribution in [3.05, 3.63) is 62.0 Å². The molecule has 3 heterocycles. The van der Waals surface area contributed by atoms with Gasteiger partial charge in [-0.15, -0.1) is 22.7 Å². The number of thiophene rings is 2. The third kappa shape index (κ3) is 5.69. The summed E-state index contributed by atoms with van der Waals surface area (Å²) in [6.07, 6.45) is 6.46. The maximum absolute atomic E-state index is 12.3. The number of ether oxygens (including phenoxy) is 1. The van der Waals surface area contributed by atoms with Gasteiger partial charge in [-0.1, -0.05) is 11.2 Å². The molecule has 0 radical (unpaired) electrons. The van der Waals surface area contributed by atoms with Crippen molar-refractivity contribution in [1.29, 1.82) is 5.26 Å². The van der Waals surface area contributed by atoms with Crippen molar-refractivity contribution in [2.75, 3.05) is 11.9 Å². The van der Waals surface area contributed by atoms with E-state index < -0.39 is 6.09 Å². The molecule has 1 aliphatic rings. The van der Waals surface area contributed by atoms with Crippen LogP contribution in [0.5, 0.6) is 0 Å². The van der Waals surface area contributed by atoms with E-state index in [4.69, 9.17) is 9.26 Å². The Hall–Kier alpha value is -3.42. The number of nitrogens with one attached hydrogen (secondary N) is 2. The minimum absolute atomic E-state index is 0.160. The van der Waals surface area contributed by atoms with Crippen molar-refractivity contribution >= 4 is 45.8 Å². The lowest BCUT2D eigenvalue weighted by atomic mass is 9.88. The molecular weight excluding hydrogens is 460 g/mol. The van der Waals surface area contributed by atoms with Crippen LogP contribution in [0.2, 0.25) is 0 Å². The van der Waals surface area contributed by atoms with Crippen molar-refractivity contribution in [1.82, 2.24) is 10.5 Å². The Bertz CT molecular complexity index is 1200. The highest BCUT2D eigenvalue weighted by Crippen LogP contribution is 2.39. The normalized spacial score (nSPS) is 15.1. The van der Waals surface area contributed by atoms with Crippen LogP contribution in [0.3, 0.4) is 0 Å². The molecule has 8 nitrogen and oxygen atoms in total. The summed E-state index contributed by atoms with van der Waals surface area (Å²) in [6.45, 7) is 2.39. The van der Waals surface area contributed by atoms with Crippen molar-refractivity contribution in [2.45, 2.75) is 32.7 Å². The van der Waals surface area contributed by atoms with Gasteiger partial charge in [0.1, 0.15) is 17.3 Å². The van der Waals surface area contributed by atoms with E-state index in [1.54, 1.807) is 24.3 Å². The van der Waals surface area contributed by atoms with Gasteiger partial charge in [-0.2, -0.15) is 5.26 Å². The minimum atomic E-state index is -0.490. The molecule has 170 valence electrons. The molecule has 3 aromatic rings. The Morgan fingerprint density at radius 2 is 2.33 bits per heavy atom. The minimum Gasteiger partial charge on any atom is -0.449 e. The topological polar surface area (TPSA) is 117 Å². The van der Waals surface area contributed by atoms with Gasteiger partial charge in [0.05, 0.1) is 24.4 Å². The molecule has 33 heavy (non-hydrogen) atoms. The molecule has 1 unspecified atom stereocenters. The number of aryl methyl sites for hydroxylation is 1. The van der Waals surface area contributed by atoms with Crippen molar-refractivity contribution < 1.29 is 18.8 Å². The molecule has 0 bridgehead atoms. The van der Waals surface area contributed by atoms with E-state index in [0.717, 1.165) is 33.0 Å². The van der Waals surface area contributed by atoms with Crippen LogP contribution in [0.1, 0.15) is 38.6 Å². The highest BCUT2D eigenvalue weighted by atomic mass is 32.1. The molecule has 1 atom stereocenters. The van der Waals surface area contributed by atoms with Crippen LogP contribution < -0.4 is 10.6 Å². The van der Waals surface area contributed by atoms with E-state index in [2.05, 4.69) is 21.9 Å². The predicted molar refractivity (Wildman–Crippen MR) is 126 cm³/mol. The summed E-state index contributed by atoms with van der Waals surface area (Å²) in [6, 6.07) is 6.09. The van der Waals surface area contributed by atoms with E-state index in [9.17, 15) is 14.9 Å². The van der Waals surface area contributed by atoms with Crippen molar-refractivity contribution in [3.63, 3.8) is 0 Å². The van der Waals surface area contributed by atoms with Crippen molar-refractivity contribution in [3.8, 4) is 6.07 Å². The third-order valence-corrected chi connectivity index (χ3v) is 7.39. The number of nitriles is 1. The zero-order chi connectivity index (χ0) is 23.2. The quantitative estimate of drug-likeness (QED) is 0.473. The fourth-order valence-electron chi connectivity index (χ4n) is 3.59. The lowest BCUT2D eigenvalue weighted by Crippen LogP contribution is -2.27. The average Bonchev–Trinajstić information content (AvgIpc) is 3.54. The smallest absolute Gasteiger partial charge is 0.407 e. The predicted octanol–water partition coefficient (Wildman–Crippen LogP) is 4.66. The fourth-order valence-corrected chi connectivity index (χ4v) is 5.53. The second kappa shape index (κ2) is 10.5. The SMILES string of the molecule is Cc1nocc1CNC(=O)OCC1CCc2c(sc(NC(=O)/C=C/c3cccs3)c2C#N)C1. The molecule has 2 amide bonds. The van der Waals surface area contributed by atoms with Gasteiger partial charge in [0, 0.05) is 21.4 Å². The molecule has 3 aromatic heterocycles. The molecule has 0 saturated heterocycles. The molecule has 4 rings (SSSR count). The summed E-state index contributed by atoms with van der Waals surface area (Å²) in [4.78, 5) is 26.4. The van der Waals surface area contributed by atoms with Gasteiger partial charge in [-0.05, 0) is 55.2 Å². The van der Waals surface area contributed by atoms with Gasteiger partial charge in [-0.25, -0.2) is 4.79 Å². The number of carbonyl (C=O) groups excluding carboxylic acids is 2. The molecule has 0 aromatic carbocycles. The highest BCUT2D eigenvalue weighted by Gasteiger charge is 2.27. The van der Waals surface area contributed by atoms with Crippen LogP contribution in [-0.4, -0.2) is 23.8 Å². The van der Waals surface area contributed by atoms with Crippen LogP contribution >= 0.6 is 22.7 Å². The zero-order valence-corrected chi connectivity index (χ0v) is 19.6. The number of carbonyl (C=O) groups is 2. The van der Waals surface area contributed by atoms with Gasteiger partial charge in [0.15, 0.2) is 0 Å². The number of alkyl carbamates (subject to hydrolysis) is 1. The number of aromatic nitrogens is 1. The number of fused-ring (bicyclic) bond motifs is 1.